The maximum atomic E-state index is 5.57. The van der Waals surface area contributed by atoms with Crippen molar-refractivity contribution in [2.75, 3.05) is 0 Å². The normalized spacial score (nSPS) is 16.5. The van der Waals surface area contributed by atoms with Gasteiger partial charge in [0.25, 0.3) is 0 Å². The van der Waals surface area contributed by atoms with Crippen LogP contribution in [-0.2, 0) is 0 Å². The predicted molar refractivity (Wildman–Crippen MR) is 78.6 cm³/mol. The molecular weight excluding hydrogens is 206 g/mol. The van der Waals surface area contributed by atoms with Crippen molar-refractivity contribution in [3.8, 4) is 0 Å². The number of allylic oxidation sites excluding steroid dienone is 5. The van der Waals surface area contributed by atoms with Gasteiger partial charge in [-0.2, -0.15) is 0 Å². The van der Waals surface area contributed by atoms with Gasteiger partial charge in [-0.3, -0.25) is 0 Å². The zero-order valence-electron chi connectivity index (χ0n) is 11.9. The van der Waals surface area contributed by atoms with Gasteiger partial charge < -0.3 is 5.73 Å². The molecule has 0 aromatic rings. The fraction of sp³-hybridized carbons (Fsp3) is 0.625. The van der Waals surface area contributed by atoms with E-state index in [1.165, 1.54) is 6.42 Å². The van der Waals surface area contributed by atoms with E-state index in [1.54, 1.807) is 6.20 Å². The molecule has 17 heavy (non-hydrogen) atoms. The van der Waals surface area contributed by atoms with Crippen LogP contribution in [-0.4, -0.2) is 0 Å². The lowest BCUT2D eigenvalue weighted by Gasteiger charge is -2.23. The Bertz CT molecular complexity index is 248. The molecule has 0 aliphatic carbocycles. The third kappa shape index (κ3) is 7.84. The Morgan fingerprint density at radius 3 is 2.29 bits per heavy atom. The van der Waals surface area contributed by atoms with E-state index in [1.807, 2.05) is 0 Å². The van der Waals surface area contributed by atoms with Crippen LogP contribution in [0.2, 0.25) is 0 Å². The first-order chi connectivity index (χ1) is 8.15. The van der Waals surface area contributed by atoms with Crippen LogP contribution in [0.3, 0.4) is 0 Å². The highest BCUT2D eigenvalue weighted by Crippen LogP contribution is 2.27. The van der Waals surface area contributed by atoms with E-state index < -0.39 is 0 Å². The Kier molecular flexibility index (Phi) is 9.60. The third-order valence-electron chi connectivity index (χ3n) is 2.92. The highest BCUT2D eigenvalue weighted by atomic mass is 14.5. The summed E-state index contributed by atoms with van der Waals surface area (Å²) in [6.07, 6.45) is 16.2. The van der Waals surface area contributed by atoms with Gasteiger partial charge in [-0.05, 0) is 50.1 Å². The summed E-state index contributed by atoms with van der Waals surface area (Å²) in [5, 5.41) is 0. The molecule has 0 saturated carbocycles. The van der Waals surface area contributed by atoms with Crippen LogP contribution < -0.4 is 5.73 Å². The zero-order chi connectivity index (χ0) is 13.1. The van der Waals surface area contributed by atoms with Crippen LogP contribution in [0.15, 0.2) is 36.6 Å². The van der Waals surface area contributed by atoms with E-state index >= 15 is 0 Å². The van der Waals surface area contributed by atoms with Crippen molar-refractivity contribution >= 4 is 0 Å². The van der Waals surface area contributed by atoms with Crippen LogP contribution in [0.4, 0.5) is 0 Å². The quantitative estimate of drug-likeness (QED) is 0.608. The summed E-state index contributed by atoms with van der Waals surface area (Å²) in [5.74, 6) is 1.86. The van der Waals surface area contributed by atoms with Crippen LogP contribution >= 0.6 is 0 Å². The van der Waals surface area contributed by atoms with Crippen LogP contribution in [0.5, 0.6) is 0 Å². The minimum atomic E-state index is 0.471. The minimum Gasteiger partial charge on any atom is -0.405 e. The van der Waals surface area contributed by atoms with Crippen LogP contribution in [0.25, 0.3) is 0 Å². The molecule has 0 saturated heterocycles. The van der Waals surface area contributed by atoms with Gasteiger partial charge in [0.2, 0.25) is 0 Å². The molecule has 1 unspecified atom stereocenters. The first kappa shape index (κ1) is 16.0. The molecule has 0 aliphatic heterocycles. The van der Waals surface area contributed by atoms with Crippen molar-refractivity contribution in [1.29, 1.82) is 0 Å². The first-order valence-corrected chi connectivity index (χ1v) is 6.81. The lowest BCUT2D eigenvalue weighted by Crippen LogP contribution is -2.13. The molecule has 0 bridgehead atoms. The molecule has 0 spiro atoms. The van der Waals surface area contributed by atoms with Gasteiger partial charge in [0, 0.05) is 0 Å². The Morgan fingerprint density at radius 2 is 1.82 bits per heavy atom. The molecule has 2 N–H and O–H groups in total. The summed E-state index contributed by atoms with van der Waals surface area (Å²) in [4.78, 5) is 0. The second-order valence-electron chi connectivity index (χ2n) is 4.99. The molecule has 0 radical (unpaired) electrons. The molecule has 0 aromatic carbocycles. The molecule has 1 heteroatoms. The molecule has 0 aliphatic rings. The lowest BCUT2D eigenvalue weighted by molar-refractivity contribution is 0.365. The summed E-state index contributed by atoms with van der Waals surface area (Å²) in [6.45, 7) is 8.83. The summed E-state index contributed by atoms with van der Waals surface area (Å²) < 4.78 is 0. The van der Waals surface area contributed by atoms with Gasteiger partial charge in [0.1, 0.15) is 0 Å². The average molecular weight is 235 g/mol. The summed E-state index contributed by atoms with van der Waals surface area (Å²) in [7, 11) is 0. The predicted octanol–water partition coefficient (Wildman–Crippen LogP) is 4.67. The monoisotopic (exact) mass is 235 g/mol. The van der Waals surface area contributed by atoms with E-state index in [4.69, 9.17) is 5.73 Å². The number of hydrogen-bond acceptors (Lipinski definition) is 1. The summed E-state index contributed by atoms with van der Waals surface area (Å²) >= 11 is 0. The van der Waals surface area contributed by atoms with E-state index in [0.717, 1.165) is 18.8 Å². The van der Waals surface area contributed by atoms with Crippen molar-refractivity contribution in [2.24, 2.45) is 23.5 Å². The molecule has 0 rings (SSSR count). The van der Waals surface area contributed by atoms with Gasteiger partial charge in [-0.15, -0.1) is 0 Å². The molecule has 1 nitrogen and oxygen atoms in total. The number of hydrogen-bond donors (Lipinski definition) is 1. The van der Waals surface area contributed by atoms with Gasteiger partial charge in [0.15, 0.2) is 0 Å². The molecule has 0 amide bonds. The summed E-state index contributed by atoms with van der Waals surface area (Å²) in [5.41, 5.74) is 5.57. The topological polar surface area (TPSA) is 26.0 Å². The Balaban J connectivity index is 4.71. The van der Waals surface area contributed by atoms with Crippen LogP contribution in [0, 0.1) is 17.8 Å². The molecule has 0 aromatic heterocycles. The van der Waals surface area contributed by atoms with Crippen molar-refractivity contribution in [2.45, 2.75) is 47.0 Å². The maximum Gasteiger partial charge on any atom is -0.000499 e. The van der Waals surface area contributed by atoms with Crippen molar-refractivity contribution in [3.05, 3.63) is 36.6 Å². The van der Waals surface area contributed by atoms with Gasteiger partial charge in [0.05, 0.1) is 0 Å². The molecule has 0 fully saturated rings. The molecular formula is C16H29N. The maximum absolute atomic E-state index is 5.57. The van der Waals surface area contributed by atoms with E-state index in [9.17, 15) is 0 Å². The van der Waals surface area contributed by atoms with E-state index in [-0.39, 0.29) is 0 Å². The number of rotatable bonds is 8. The molecule has 0 heterocycles. The lowest BCUT2D eigenvalue weighted by atomic mass is 9.82. The molecule has 2 atom stereocenters. The first-order valence-electron chi connectivity index (χ1n) is 6.81. The fourth-order valence-electron chi connectivity index (χ4n) is 2.13. The van der Waals surface area contributed by atoms with Gasteiger partial charge in [-0.25, -0.2) is 0 Å². The standard InChI is InChI=1S/C16H29N/c1-5-7-9-15(11-12-17)16(10-8-6-2)13-14(3)4/h6-9,11-12,14-16H,5,10,13,17H2,1-4H3/b8-6-,9-7+,12-11-/t15?,16-/m1/s1. The summed E-state index contributed by atoms with van der Waals surface area (Å²) in [6, 6.07) is 0. The second kappa shape index (κ2) is 10.2. The van der Waals surface area contributed by atoms with Crippen molar-refractivity contribution in [3.63, 3.8) is 0 Å². The highest BCUT2D eigenvalue weighted by Gasteiger charge is 2.16. The second-order valence-corrected chi connectivity index (χ2v) is 4.99. The van der Waals surface area contributed by atoms with Gasteiger partial charge in [-0.1, -0.05) is 51.2 Å². The Hall–Kier alpha value is -0.980. The minimum absolute atomic E-state index is 0.471. The molecule has 98 valence electrons. The van der Waals surface area contributed by atoms with E-state index in [2.05, 4.69) is 58.1 Å². The fourth-order valence-corrected chi connectivity index (χ4v) is 2.13. The van der Waals surface area contributed by atoms with Crippen molar-refractivity contribution in [1.82, 2.24) is 0 Å². The van der Waals surface area contributed by atoms with Crippen molar-refractivity contribution < 1.29 is 0 Å². The average Bonchev–Trinajstić information content (AvgIpc) is 2.29. The SMILES string of the molecule is C/C=C\C[C@H](CC(C)C)C(/C=C\N)/C=C/CC. The number of nitrogens with two attached hydrogens (primary N) is 1. The zero-order valence-corrected chi connectivity index (χ0v) is 11.9. The Morgan fingerprint density at radius 1 is 1.12 bits per heavy atom. The largest absolute Gasteiger partial charge is 0.405 e. The Labute approximate surface area is 107 Å². The van der Waals surface area contributed by atoms with Gasteiger partial charge >= 0.3 is 0 Å². The smallest absolute Gasteiger partial charge is 0.000499 e. The third-order valence-corrected chi connectivity index (χ3v) is 2.92. The van der Waals surface area contributed by atoms with Crippen LogP contribution in [0.1, 0.15) is 47.0 Å². The highest BCUT2D eigenvalue weighted by molar-refractivity contribution is 5.03. The van der Waals surface area contributed by atoms with E-state index in [0.29, 0.717) is 11.8 Å².